The SMILES string of the molecule is CC(C)c1nc(N)cc(-c2cnccn2)n1. The number of hydrogen-bond acceptors (Lipinski definition) is 5. The summed E-state index contributed by atoms with van der Waals surface area (Å²) in [6, 6.07) is 1.70. The van der Waals surface area contributed by atoms with E-state index in [1.165, 1.54) is 0 Å². The third-order valence-electron chi connectivity index (χ3n) is 2.11. The molecule has 0 aliphatic carbocycles. The maximum Gasteiger partial charge on any atom is 0.134 e. The van der Waals surface area contributed by atoms with Crippen molar-refractivity contribution in [2.45, 2.75) is 19.8 Å². The largest absolute Gasteiger partial charge is 0.384 e. The highest BCUT2D eigenvalue weighted by Gasteiger charge is 2.08. The number of aromatic nitrogens is 4. The smallest absolute Gasteiger partial charge is 0.134 e. The van der Waals surface area contributed by atoms with Crippen LogP contribution in [0.3, 0.4) is 0 Å². The molecule has 2 aromatic rings. The molecule has 0 spiro atoms. The normalized spacial score (nSPS) is 10.7. The van der Waals surface area contributed by atoms with E-state index in [1.807, 2.05) is 13.8 Å². The molecule has 0 aliphatic rings. The molecule has 0 atom stereocenters. The zero-order valence-electron chi connectivity index (χ0n) is 9.25. The zero-order chi connectivity index (χ0) is 11.5. The fraction of sp³-hybridized carbons (Fsp3) is 0.273. The molecular formula is C11H13N5. The van der Waals surface area contributed by atoms with Crippen molar-refractivity contribution in [3.05, 3.63) is 30.5 Å². The molecule has 0 saturated heterocycles. The predicted octanol–water partition coefficient (Wildman–Crippen LogP) is 1.64. The van der Waals surface area contributed by atoms with E-state index in [9.17, 15) is 0 Å². The van der Waals surface area contributed by atoms with E-state index < -0.39 is 0 Å². The Morgan fingerprint density at radius 3 is 2.56 bits per heavy atom. The third kappa shape index (κ3) is 2.13. The van der Waals surface area contributed by atoms with Gasteiger partial charge in [0.25, 0.3) is 0 Å². The van der Waals surface area contributed by atoms with Gasteiger partial charge in [-0.3, -0.25) is 9.97 Å². The van der Waals surface area contributed by atoms with E-state index in [0.717, 1.165) is 5.82 Å². The van der Waals surface area contributed by atoms with Crippen LogP contribution in [0, 0.1) is 0 Å². The highest BCUT2D eigenvalue weighted by atomic mass is 15.0. The van der Waals surface area contributed by atoms with Crippen LogP contribution >= 0.6 is 0 Å². The highest BCUT2D eigenvalue weighted by molar-refractivity contribution is 5.56. The number of rotatable bonds is 2. The molecular weight excluding hydrogens is 202 g/mol. The second kappa shape index (κ2) is 4.22. The molecule has 2 heterocycles. The summed E-state index contributed by atoms with van der Waals surface area (Å²) in [5.74, 6) is 1.42. The van der Waals surface area contributed by atoms with E-state index in [2.05, 4.69) is 19.9 Å². The summed E-state index contributed by atoms with van der Waals surface area (Å²) in [6.07, 6.45) is 4.91. The predicted molar refractivity (Wildman–Crippen MR) is 61.6 cm³/mol. The molecule has 0 unspecified atom stereocenters. The number of hydrogen-bond donors (Lipinski definition) is 1. The topological polar surface area (TPSA) is 77.6 Å². The second-order valence-corrected chi connectivity index (χ2v) is 3.78. The summed E-state index contributed by atoms with van der Waals surface area (Å²) in [4.78, 5) is 16.8. The van der Waals surface area contributed by atoms with Crippen molar-refractivity contribution in [3.63, 3.8) is 0 Å². The maximum absolute atomic E-state index is 5.74. The van der Waals surface area contributed by atoms with Gasteiger partial charge in [0.1, 0.15) is 17.3 Å². The van der Waals surface area contributed by atoms with Gasteiger partial charge in [-0.15, -0.1) is 0 Å². The fourth-order valence-corrected chi connectivity index (χ4v) is 1.31. The van der Waals surface area contributed by atoms with Gasteiger partial charge in [0, 0.05) is 24.4 Å². The Morgan fingerprint density at radius 1 is 1.12 bits per heavy atom. The Balaban J connectivity index is 2.50. The molecule has 2 N–H and O–H groups in total. The van der Waals surface area contributed by atoms with Gasteiger partial charge in [0.05, 0.1) is 11.9 Å². The molecule has 82 valence electrons. The van der Waals surface area contributed by atoms with E-state index in [-0.39, 0.29) is 5.92 Å². The van der Waals surface area contributed by atoms with Crippen molar-refractivity contribution in [1.29, 1.82) is 0 Å². The van der Waals surface area contributed by atoms with Crippen LogP contribution in [-0.2, 0) is 0 Å². The van der Waals surface area contributed by atoms with Gasteiger partial charge < -0.3 is 5.73 Å². The Kier molecular flexibility index (Phi) is 2.76. The van der Waals surface area contributed by atoms with Gasteiger partial charge in [0.15, 0.2) is 0 Å². The molecule has 5 heteroatoms. The molecule has 16 heavy (non-hydrogen) atoms. The lowest BCUT2D eigenvalue weighted by Crippen LogP contribution is -2.03. The van der Waals surface area contributed by atoms with E-state index in [4.69, 9.17) is 5.73 Å². The summed E-state index contributed by atoms with van der Waals surface area (Å²) < 4.78 is 0. The molecule has 0 aromatic carbocycles. The Morgan fingerprint density at radius 2 is 1.94 bits per heavy atom. The molecule has 0 fully saturated rings. The van der Waals surface area contributed by atoms with Crippen LogP contribution in [0.4, 0.5) is 5.82 Å². The Bertz CT molecular complexity index is 481. The molecule has 2 rings (SSSR count). The first kappa shape index (κ1) is 10.5. The lowest BCUT2D eigenvalue weighted by molar-refractivity contribution is 0.778. The van der Waals surface area contributed by atoms with Gasteiger partial charge >= 0.3 is 0 Å². The van der Waals surface area contributed by atoms with E-state index >= 15 is 0 Å². The van der Waals surface area contributed by atoms with E-state index in [1.54, 1.807) is 24.7 Å². The number of nitrogen functional groups attached to an aromatic ring is 1. The van der Waals surface area contributed by atoms with Gasteiger partial charge in [-0.2, -0.15) is 0 Å². The third-order valence-corrected chi connectivity index (χ3v) is 2.11. The van der Waals surface area contributed by atoms with Crippen molar-refractivity contribution < 1.29 is 0 Å². The molecule has 0 aliphatic heterocycles. The Hall–Kier alpha value is -2.04. The molecule has 5 nitrogen and oxygen atoms in total. The van der Waals surface area contributed by atoms with Crippen LogP contribution in [0.25, 0.3) is 11.4 Å². The van der Waals surface area contributed by atoms with Crippen molar-refractivity contribution in [1.82, 2.24) is 19.9 Å². The molecule has 0 radical (unpaired) electrons. The average molecular weight is 215 g/mol. The minimum absolute atomic E-state index is 0.235. The van der Waals surface area contributed by atoms with Crippen LogP contribution in [0.5, 0.6) is 0 Å². The summed E-state index contributed by atoms with van der Waals surface area (Å²) >= 11 is 0. The van der Waals surface area contributed by atoms with Gasteiger partial charge in [-0.1, -0.05) is 13.8 Å². The van der Waals surface area contributed by atoms with Crippen molar-refractivity contribution in [2.24, 2.45) is 0 Å². The van der Waals surface area contributed by atoms with Crippen LogP contribution in [0.2, 0.25) is 0 Å². The van der Waals surface area contributed by atoms with Gasteiger partial charge in [0.2, 0.25) is 0 Å². The first-order valence-electron chi connectivity index (χ1n) is 5.07. The fourth-order valence-electron chi connectivity index (χ4n) is 1.31. The van der Waals surface area contributed by atoms with E-state index in [0.29, 0.717) is 17.2 Å². The molecule has 0 bridgehead atoms. The summed E-state index contributed by atoms with van der Waals surface area (Å²) in [7, 11) is 0. The highest BCUT2D eigenvalue weighted by Crippen LogP contribution is 2.18. The molecule has 0 amide bonds. The molecule has 0 saturated carbocycles. The Labute approximate surface area is 93.8 Å². The minimum atomic E-state index is 0.235. The standard InChI is InChI=1S/C11H13N5/c1-7(2)11-15-8(5-10(12)16-11)9-6-13-3-4-14-9/h3-7H,1-2H3,(H2,12,15,16). The van der Waals surface area contributed by atoms with Crippen molar-refractivity contribution in [3.8, 4) is 11.4 Å². The van der Waals surface area contributed by atoms with Gasteiger partial charge in [-0.05, 0) is 0 Å². The second-order valence-electron chi connectivity index (χ2n) is 3.78. The number of nitrogens with zero attached hydrogens (tertiary/aromatic N) is 4. The quantitative estimate of drug-likeness (QED) is 0.823. The van der Waals surface area contributed by atoms with Crippen LogP contribution < -0.4 is 5.73 Å². The summed E-state index contributed by atoms with van der Waals surface area (Å²) in [5, 5.41) is 0. The molecule has 2 aromatic heterocycles. The number of nitrogens with two attached hydrogens (primary N) is 1. The van der Waals surface area contributed by atoms with Crippen LogP contribution in [-0.4, -0.2) is 19.9 Å². The van der Waals surface area contributed by atoms with Gasteiger partial charge in [-0.25, -0.2) is 9.97 Å². The summed E-state index contributed by atoms with van der Waals surface area (Å²) in [5.41, 5.74) is 7.15. The monoisotopic (exact) mass is 215 g/mol. The lowest BCUT2D eigenvalue weighted by Gasteiger charge is -2.07. The van der Waals surface area contributed by atoms with Crippen LogP contribution in [0.15, 0.2) is 24.7 Å². The maximum atomic E-state index is 5.74. The van der Waals surface area contributed by atoms with Crippen molar-refractivity contribution in [2.75, 3.05) is 5.73 Å². The minimum Gasteiger partial charge on any atom is -0.384 e. The number of anilines is 1. The first-order valence-corrected chi connectivity index (χ1v) is 5.07. The average Bonchev–Trinajstić information content (AvgIpc) is 2.29. The lowest BCUT2D eigenvalue weighted by atomic mass is 10.2. The summed E-state index contributed by atoms with van der Waals surface area (Å²) in [6.45, 7) is 4.05. The zero-order valence-corrected chi connectivity index (χ0v) is 9.25. The first-order chi connectivity index (χ1) is 7.66. The van der Waals surface area contributed by atoms with Crippen LogP contribution in [0.1, 0.15) is 25.6 Å². The van der Waals surface area contributed by atoms with Crippen molar-refractivity contribution >= 4 is 5.82 Å².